The standard InChI is InChI=1S/C59H50N2/c1-57(2)47-16-10-12-18-53(47)60-54-32-28-43(36-51(54)57)42-27-31-46-45-30-24-39(34-49(45)59(5,6)50(46)35-42)21-20-38-22-25-40(26-23-38)41-29-33-56-52(37-41)58(3,4)48-17-11-13-19-55(48)61(56)44-14-8-7-9-15-44/h7-37,60H,1-6H3/b21-20+. The van der Waals surface area contributed by atoms with Gasteiger partial charge in [0.05, 0.1) is 11.4 Å². The van der Waals surface area contributed by atoms with Crippen molar-refractivity contribution in [2.75, 3.05) is 10.2 Å². The summed E-state index contributed by atoms with van der Waals surface area (Å²) in [5, 5.41) is 3.69. The topological polar surface area (TPSA) is 15.3 Å². The van der Waals surface area contributed by atoms with Crippen molar-refractivity contribution in [2.24, 2.45) is 0 Å². The zero-order chi connectivity index (χ0) is 41.7. The van der Waals surface area contributed by atoms with Crippen LogP contribution < -0.4 is 10.2 Å². The van der Waals surface area contributed by atoms with Crippen molar-refractivity contribution in [1.82, 2.24) is 0 Å². The van der Waals surface area contributed by atoms with Crippen molar-refractivity contribution in [2.45, 2.75) is 57.8 Å². The lowest BCUT2D eigenvalue weighted by atomic mass is 9.73. The smallest absolute Gasteiger partial charge is 0.0503 e. The lowest BCUT2D eigenvalue weighted by molar-refractivity contribution is 0.632. The Labute approximate surface area is 360 Å². The average Bonchev–Trinajstić information content (AvgIpc) is 3.51. The van der Waals surface area contributed by atoms with E-state index in [9.17, 15) is 0 Å². The summed E-state index contributed by atoms with van der Waals surface area (Å²) < 4.78 is 0. The van der Waals surface area contributed by atoms with Gasteiger partial charge >= 0.3 is 0 Å². The van der Waals surface area contributed by atoms with E-state index >= 15 is 0 Å². The van der Waals surface area contributed by atoms with Crippen LogP contribution in [0.1, 0.15) is 86.1 Å². The van der Waals surface area contributed by atoms with Crippen LogP contribution >= 0.6 is 0 Å². The summed E-state index contributed by atoms with van der Waals surface area (Å²) in [6, 6.07) is 65.3. The molecule has 1 aliphatic carbocycles. The van der Waals surface area contributed by atoms with Gasteiger partial charge in [0.1, 0.15) is 0 Å². The molecular weight excluding hydrogens is 737 g/mol. The van der Waals surface area contributed by atoms with Crippen LogP contribution in [-0.4, -0.2) is 0 Å². The number of fused-ring (bicyclic) bond motifs is 7. The first-order valence-corrected chi connectivity index (χ1v) is 21.7. The highest BCUT2D eigenvalue weighted by Gasteiger charge is 2.38. The van der Waals surface area contributed by atoms with Crippen molar-refractivity contribution < 1.29 is 0 Å². The Morgan fingerprint density at radius 2 is 0.852 bits per heavy atom. The molecule has 0 saturated carbocycles. The van der Waals surface area contributed by atoms with E-state index in [4.69, 9.17) is 0 Å². The molecular formula is C59H50N2. The second-order valence-corrected chi connectivity index (χ2v) is 18.7. The fraction of sp³-hybridized carbons (Fsp3) is 0.153. The van der Waals surface area contributed by atoms with Crippen LogP contribution in [0.5, 0.6) is 0 Å². The predicted molar refractivity (Wildman–Crippen MR) is 259 cm³/mol. The number of nitrogens with one attached hydrogen (secondary N) is 1. The maximum Gasteiger partial charge on any atom is 0.0503 e. The van der Waals surface area contributed by atoms with E-state index in [1.54, 1.807) is 0 Å². The number of rotatable bonds is 5. The predicted octanol–water partition coefficient (Wildman–Crippen LogP) is 16.0. The fourth-order valence-electron chi connectivity index (χ4n) is 10.5. The van der Waals surface area contributed by atoms with Gasteiger partial charge in [-0.1, -0.05) is 175 Å². The Bertz CT molecular complexity index is 3070. The summed E-state index contributed by atoms with van der Waals surface area (Å²) in [6.45, 7) is 14.2. The second kappa shape index (κ2) is 13.6. The molecule has 2 nitrogen and oxygen atoms in total. The van der Waals surface area contributed by atoms with Gasteiger partial charge in [0.15, 0.2) is 0 Å². The van der Waals surface area contributed by atoms with E-state index in [1.807, 2.05) is 0 Å². The number of nitrogens with zero attached hydrogens (tertiary/aromatic N) is 1. The zero-order valence-electron chi connectivity index (χ0n) is 35.8. The molecule has 0 spiro atoms. The highest BCUT2D eigenvalue weighted by atomic mass is 15.2. The molecule has 8 aromatic carbocycles. The average molecular weight is 787 g/mol. The molecule has 2 heteroatoms. The minimum absolute atomic E-state index is 0.0929. The van der Waals surface area contributed by atoms with Crippen LogP contribution in [0.25, 0.3) is 45.5 Å². The monoisotopic (exact) mass is 786 g/mol. The molecule has 0 bridgehead atoms. The van der Waals surface area contributed by atoms with Gasteiger partial charge in [0.25, 0.3) is 0 Å². The Hall–Kier alpha value is -6.90. The van der Waals surface area contributed by atoms with E-state index in [0.717, 1.165) is 0 Å². The Morgan fingerprint density at radius 3 is 1.64 bits per heavy atom. The Kier molecular flexibility index (Phi) is 8.25. The molecule has 61 heavy (non-hydrogen) atoms. The number of para-hydroxylation sites is 3. The third kappa shape index (κ3) is 5.84. The van der Waals surface area contributed by atoms with Crippen LogP contribution in [0.15, 0.2) is 176 Å². The molecule has 0 radical (unpaired) electrons. The van der Waals surface area contributed by atoms with Crippen molar-refractivity contribution in [3.8, 4) is 33.4 Å². The molecule has 0 atom stereocenters. The number of benzene rings is 8. The third-order valence-electron chi connectivity index (χ3n) is 14.1. The summed E-state index contributed by atoms with van der Waals surface area (Å²) in [4.78, 5) is 2.41. The Balaban J connectivity index is 0.848. The fourth-order valence-corrected chi connectivity index (χ4v) is 10.5. The molecule has 0 fully saturated rings. The van der Waals surface area contributed by atoms with Gasteiger partial charge in [0.2, 0.25) is 0 Å². The molecule has 0 saturated heterocycles. The first kappa shape index (κ1) is 37.1. The van der Waals surface area contributed by atoms with E-state index in [1.165, 1.54) is 106 Å². The van der Waals surface area contributed by atoms with Crippen molar-refractivity contribution in [3.63, 3.8) is 0 Å². The van der Waals surface area contributed by atoms with E-state index in [-0.39, 0.29) is 16.2 Å². The molecule has 296 valence electrons. The maximum absolute atomic E-state index is 3.69. The van der Waals surface area contributed by atoms with Crippen molar-refractivity contribution >= 4 is 40.6 Å². The first-order chi connectivity index (χ1) is 29.5. The van der Waals surface area contributed by atoms with E-state index < -0.39 is 0 Å². The van der Waals surface area contributed by atoms with Gasteiger partial charge in [-0.2, -0.15) is 0 Å². The van der Waals surface area contributed by atoms with Crippen LogP contribution in [0.2, 0.25) is 0 Å². The van der Waals surface area contributed by atoms with Crippen LogP contribution in [-0.2, 0) is 16.2 Å². The van der Waals surface area contributed by atoms with E-state index in [2.05, 4.69) is 240 Å². The molecule has 0 unspecified atom stereocenters. The number of hydrogen-bond acceptors (Lipinski definition) is 2. The largest absolute Gasteiger partial charge is 0.355 e. The maximum atomic E-state index is 3.69. The van der Waals surface area contributed by atoms with Crippen LogP contribution in [0, 0.1) is 0 Å². The summed E-state index contributed by atoms with van der Waals surface area (Å²) >= 11 is 0. The van der Waals surface area contributed by atoms with Crippen molar-refractivity contribution in [3.05, 3.63) is 220 Å². The number of anilines is 5. The lowest BCUT2D eigenvalue weighted by Crippen LogP contribution is -2.30. The van der Waals surface area contributed by atoms with Gasteiger partial charge in [-0.05, 0) is 132 Å². The number of hydrogen-bond donors (Lipinski definition) is 1. The minimum atomic E-state index is -0.144. The Morgan fingerprint density at radius 1 is 0.361 bits per heavy atom. The summed E-state index contributed by atoms with van der Waals surface area (Å²) in [5.41, 5.74) is 23.9. The highest BCUT2D eigenvalue weighted by molar-refractivity contribution is 5.89. The van der Waals surface area contributed by atoms with E-state index in [0.29, 0.717) is 0 Å². The van der Waals surface area contributed by atoms with Crippen LogP contribution in [0.3, 0.4) is 0 Å². The van der Waals surface area contributed by atoms with Crippen LogP contribution in [0.4, 0.5) is 28.4 Å². The summed E-state index contributed by atoms with van der Waals surface area (Å²) in [7, 11) is 0. The first-order valence-electron chi connectivity index (χ1n) is 21.7. The SMILES string of the molecule is CC1(C)c2ccccc2Nc2ccc(-c3ccc4c(c3)C(C)(C)c3cc(/C=C/c5ccc(-c6ccc7c(c6)C(C)(C)c6ccccc6N7c6ccccc6)cc5)ccc3-4)cc21. The van der Waals surface area contributed by atoms with Gasteiger partial charge in [0, 0.05) is 33.3 Å². The van der Waals surface area contributed by atoms with Gasteiger partial charge < -0.3 is 10.2 Å². The molecule has 8 aromatic rings. The van der Waals surface area contributed by atoms with Gasteiger partial charge in [-0.3, -0.25) is 0 Å². The second-order valence-electron chi connectivity index (χ2n) is 18.7. The van der Waals surface area contributed by atoms with Gasteiger partial charge in [-0.25, -0.2) is 0 Å². The molecule has 0 aromatic heterocycles. The summed E-state index contributed by atoms with van der Waals surface area (Å²) in [6.07, 6.45) is 4.51. The zero-order valence-corrected chi connectivity index (χ0v) is 35.8. The molecule has 3 aliphatic rings. The molecule has 0 amide bonds. The molecule has 1 N–H and O–H groups in total. The lowest BCUT2D eigenvalue weighted by Gasteiger charge is -2.42. The normalized spacial score (nSPS) is 15.8. The quantitative estimate of drug-likeness (QED) is 0.175. The molecule has 2 aliphatic heterocycles. The minimum Gasteiger partial charge on any atom is -0.355 e. The van der Waals surface area contributed by atoms with Gasteiger partial charge in [-0.15, -0.1) is 0 Å². The highest BCUT2D eigenvalue weighted by Crippen LogP contribution is 2.54. The third-order valence-corrected chi connectivity index (χ3v) is 14.1. The van der Waals surface area contributed by atoms with Crippen molar-refractivity contribution in [1.29, 1.82) is 0 Å². The molecule has 11 rings (SSSR count). The summed E-state index contributed by atoms with van der Waals surface area (Å²) in [5.74, 6) is 0. The molecule has 2 heterocycles.